The fraction of sp³-hybridized carbons (Fsp3) is 0.800. The van der Waals surface area contributed by atoms with Crippen molar-refractivity contribution in [2.45, 2.75) is 106 Å². The lowest BCUT2D eigenvalue weighted by molar-refractivity contribution is -0.156. The molecule has 0 aromatic heterocycles. The van der Waals surface area contributed by atoms with Crippen LogP contribution < -0.4 is 0 Å². The average Bonchev–Trinajstić information content (AvgIpc) is 3.06. The number of carbonyl (C=O) groups is 2. The van der Waals surface area contributed by atoms with Gasteiger partial charge in [-0.25, -0.2) is 4.79 Å². The summed E-state index contributed by atoms with van der Waals surface area (Å²) in [6.07, 6.45) is 10.3. The summed E-state index contributed by atoms with van der Waals surface area (Å²) in [6, 6.07) is 0. The van der Waals surface area contributed by atoms with Crippen LogP contribution in [0.25, 0.3) is 0 Å². The van der Waals surface area contributed by atoms with Gasteiger partial charge in [-0.15, -0.1) is 0 Å². The van der Waals surface area contributed by atoms with Crippen LogP contribution in [0.5, 0.6) is 0 Å². The summed E-state index contributed by atoms with van der Waals surface area (Å²) in [7, 11) is 0. The molecule has 0 saturated heterocycles. The highest BCUT2D eigenvalue weighted by Crippen LogP contribution is 2.73. The Balaban J connectivity index is 1.51. The molecule has 0 radical (unpaired) electrons. The third kappa shape index (κ3) is 2.93. The van der Waals surface area contributed by atoms with E-state index < -0.39 is 6.10 Å². The van der Waals surface area contributed by atoms with Gasteiger partial charge in [0, 0.05) is 29.2 Å². The third-order valence-electron chi connectivity index (χ3n) is 12.2. The normalized spacial score (nSPS) is 48.6. The second kappa shape index (κ2) is 7.54. The van der Waals surface area contributed by atoms with Crippen molar-refractivity contribution in [1.29, 1.82) is 0 Å². The number of fused-ring (bicyclic) bond motifs is 5. The highest BCUT2D eigenvalue weighted by Gasteiger charge is 2.68. The van der Waals surface area contributed by atoms with Crippen molar-refractivity contribution in [3.63, 3.8) is 0 Å². The number of hydrogen-bond donors (Lipinski definition) is 1. The highest BCUT2D eigenvalue weighted by atomic mass is 16.5. The Morgan fingerprint density at radius 1 is 1.06 bits per heavy atom. The van der Waals surface area contributed by atoms with E-state index in [0.717, 1.165) is 38.5 Å². The predicted molar refractivity (Wildman–Crippen MR) is 133 cm³/mol. The zero-order valence-electron chi connectivity index (χ0n) is 22.2. The molecule has 1 N–H and O–H groups in total. The number of aliphatic hydroxyl groups excluding tert-OH is 1. The lowest BCUT2D eigenvalue weighted by Crippen LogP contribution is -2.60. The van der Waals surface area contributed by atoms with E-state index in [1.807, 2.05) is 13.0 Å². The second-order valence-corrected chi connectivity index (χ2v) is 13.6. The van der Waals surface area contributed by atoms with Crippen molar-refractivity contribution in [3.8, 4) is 0 Å². The maximum atomic E-state index is 12.8. The predicted octanol–water partition coefficient (Wildman–Crippen LogP) is 6.03. The van der Waals surface area contributed by atoms with Crippen LogP contribution in [0.15, 0.2) is 23.3 Å². The Kier molecular flexibility index (Phi) is 5.39. The van der Waals surface area contributed by atoms with Gasteiger partial charge in [-0.1, -0.05) is 59.3 Å². The summed E-state index contributed by atoms with van der Waals surface area (Å²) in [5, 5.41) is 11.9. The largest absolute Gasteiger partial charge is 0.458 e. The van der Waals surface area contributed by atoms with Crippen molar-refractivity contribution in [2.24, 2.45) is 45.3 Å². The van der Waals surface area contributed by atoms with Gasteiger partial charge in [0.15, 0.2) is 0 Å². The van der Waals surface area contributed by atoms with E-state index in [4.69, 9.17) is 4.74 Å². The first-order valence-electron chi connectivity index (χ1n) is 13.6. The highest BCUT2D eigenvalue weighted by molar-refractivity contribution is 5.88. The number of allylic oxidation sites excluding steroid dienone is 1. The van der Waals surface area contributed by atoms with Crippen molar-refractivity contribution in [1.82, 2.24) is 0 Å². The van der Waals surface area contributed by atoms with Gasteiger partial charge in [0.25, 0.3) is 0 Å². The molecule has 0 amide bonds. The number of Topliss-reactive ketones (excluding diaryl/α,β-unsaturated/α-hetero) is 1. The van der Waals surface area contributed by atoms with Crippen molar-refractivity contribution >= 4 is 11.8 Å². The number of cyclic esters (lactones) is 1. The molecular weight excluding hydrogens is 424 g/mol. The lowest BCUT2D eigenvalue weighted by atomic mass is 9.41. The minimum atomic E-state index is -0.522. The molecule has 1 heterocycles. The Hall–Kier alpha value is -1.42. The van der Waals surface area contributed by atoms with Gasteiger partial charge in [-0.05, 0) is 73.5 Å². The number of rotatable bonds is 2. The molecule has 5 rings (SSSR count). The van der Waals surface area contributed by atoms with Crippen LogP contribution in [0.4, 0.5) is 0 Å². The molecule has 4 nitrogen and oxygen atoms in total. The van der Waals surface area contributed by atoms with E-state index in [1.165, 1.54) is 5.57 Å². The Morgan fingerprint density at radius 3 is 2.44 bits per heavy atom. The Labute approximate surface area is 205 Å². The number of esters is 1. The number of ketones is 1. The fourth-order valence-electron chi connectivity index (χ4n) is 9.68. The SMILES string of the molecule is CC1=CC[C@H]([C@@H](C)[C@H]2CC[C@@]3(C)[C@@H]4CC[C@H]5C(C)(C)C(=O)CC[C@]5(C)C4=C[C@H](O)[C@]23C)OC1=O. The van der Waals surface area contributed by atoms with E-state index in [9.17, 15) is 14.7 Å². The van der Waals surface area contributed by atoms with Crippen LogP contribution in [-0.4, -0.2) is 29.1 Å². The van der Waals surface area contributed by atoms with Crippen LogP contribution in [0, 0.1) is 45.3 Å². The lowest BCUT2D eigenvalue weighted by Gasteiger charge is -2.64. The van der Waals surface area contributed by atoms with Crippen LogP contribution in [0.2, 0.25) is 0 Å². The first-order valence-corrected chi connectivity index (χ1v) is 13.6. The van der Waals surface area contributed by atoms with E-state index in [0.29, 0.717) is 35.5 Å². The molecule has 5 aliphatic rings. The van der Waals surface area contributed by atoms with Gasteiger partial charge in [0.1, 0.15) is 11.9 Å². The summed E-state index contributed by atoms with van der Waals surface area (Å²) in [6.45, 7) is 15.5. The van der Waals surface area contributed by atoms with Crippen LogP contribution in [0.3, 0.4) is 0 Å². The summed E-state index contributed by atoms with van der Waals surface area (Å²) in [4.78, 5) is 25.1. The zero-order valence-corrected chi connectivity index (χ0v) is 22.2. The number of aliphatic hydroxyl groups is 1. The number of ether oxygens (including phenoxy) is 1. The molecule has 0 aromatic rings. The van der Waals surface area contributed by atoms with Crippen molar-refractivity contribution in [3.05, 3.63) is 23.3 Å². The van der Waals surface area contributed by atoms with Gasteiger partial charge in [-0.3, -0.25) is 4.79 Å². The maximum absolute atomic E-state index is 12.8. The third-order valence-corrected chi connectivity index (χ3v) is 12.2. The van der Waals surface area contributed by atoms with Crippen LogP contribution >= 0.6 is 0 Å². The van der Waals surface area contributed by atoms with Gasteiger partial charge in [-0.2, -0.15) is 0 Å². The second-order valence-electron chi connectivity index (χ2n) is 13.6. The summed E-state index contributed by atoms with van der Waals surface area (Å²) in [5.41, 5.74) is 1.57. The molecule has 4 heteroatoms. The molecule has 3 fully saturated rings. The first kappa shape index (κ1) is 24.3. The summed E-state index contributed by atoms with van der Waals surface area (Å²) >= 11 is 0. The maximum Gasteiger partial charge on any atom is 0.333 e. The molecule has 0 aromatic carbocycles. The molecule has 0 spiro atoms. The Bertz CT molecular complexity index is 974. The van der Waals surface area contributed by atoms with Gasteiger partial charge < -0.3 is 9.84 Å². The minimum Gasteiger partial charge on any atom is -0.458 e. The molecule has 3 saturated carbocycles. The number of hydrogen-bond acceptors (Lipinski definition) is 4. The molecule has 188 valence electrons. The summed E-state index contributed by atoms with van der Waals surface area (Å²) < 4.78 is 5.86. The van der Waals surface area contributed by atoms with Crippen molar-refractivity contribution < 1.29 is 19.4 Å². The molecule has 34 heavy (non-hydrogen) atoms. The van der Waals surface area contributed by atoms with E-state index >= 15 is 0 Å². The topological polar surface area (TPSA) is 63.6 Å². The van der Waals surface area contributed by atoms with Crippen molar-refractivity contribution in [2.75, 3.05) is 0 Å². The quantitative estimate of drug-likeness (QED) is 0.397. The van der Waals surface area contributed by atoms with E-state index in [-0.39, 0.29) is 39.7 Å². The summed E-state index contributed by atoms with van der Waals surface area (Å²) in [5.74, 6) is 1.49. The minimum absolute atomic E-state index is 0.000558. The van der Waals surface area contributed by atoms with Gasteiger partial charge in [0.05, 0.1) is 6.10 Å². The zero-order chi connectivity index (χ0) is 24.8. The standard InChI is InChI=1S/C30H44O4/c1-17-8-10-22(34-26(17)33)18(2)19-12-15-29(6)20-9-11-23-27(3,4)24(31)13-14-28(23,5)21(20)16-25(32)30(19,29)7/h8,16,18-20,22-23,25,32H,9-15H2,1-7H3/t18-,19+,20+,22+,23-,25-,28+,29-,30-/m0/s1. The average molecular weight is 469 g/mol. The fourth-order valence-corrected chi connectivity index (χ4v) is 9.68. The molecule has 0 bridgehead atoms. The smallest absolute Gasteiger partial charge is 0.333 e. The van der Waals surface area contributed by atoms with E-state index in [2.05, 4.69) is 47.6 Å². The molecule has 0 unspecified atom stereocenters. The van der Waals surface area contributed by atoms with Gasteiger partial charge >= 0.3 is 5.97 Å². The van der Waals surface area contributed by atoms with Crippen LogP contribution in [0.1, 0.15) is 93.4 Å². The number of carbonyl (C=O) groups excluding carboxylic acids is 2. The van der Waals surface area contributed by atoms with E-state index in [1.54, 1.807) is 0 Å². The van der Waals surface area contributed by atoms with Crippen LogP contribution in [-0.2, 0) is 14.3 Å². The monoisotopic (exact) mass is 468 g/mol. The molecule has 9 atom stereocenters. The first-order chi connectivity index (χ1) is 15.8. The molecule has 1 aliphatic heterocycles. The molecular formula is C30H44O4. The van der Waals surface area contributed by atoms with Gasteiger partial charge in [0.2, 0.25) is 0 Å². The molecule has 4 aliphatic carbocycles. The Morgan fingerprint density at radius 2 is 1.76 bits per heavy atom.